The van der Waals surface area contributed by atoms with Crippen molar-refractivity contribution < 1.29 is 0 Å². The van der Waals surface area contributed by atoms with Gasteiger partial charge in [-0.3, -0.25) is 0 Å². The minimum absolute atomic E-state index is 0.503. The molecular formula is C15H19BrN2S. The number of thiazole rings is 1. The van der Waals surface area contributed by atoms with Gasteiger partial charge >= 0.3 is 0 Å². The van der Waals surface area contributed by atoms with Gasteiger partial charge in [-0.2, -0.15) is 0 Å². The number of hydrogen-bond donors (Lipinski definition) is 1. The predicted molar refractivity (Wildman–Crippen MR) is 86.6 cm³/mol. The Labute approximate surface area is 127 Å². The van der Waals surface area contributed by atoms with Crippen molar-refractivity contribution in [2.24, 2.45) is 0 Å². The normalized spacial score (nSPS) is 11.2. The van der Waals surface area contributed by atoms with Gasteiger partial charge < -0.3 is 5.32 Å². The predicted octanol–water partition coefficient (Wildman–Crippen LogP) is 4.63. The molecule has 1 aromatic carbocycles. The Morgan fingerprint density at radius 2 is 1.95 bits per heavy atom. The van der Waals surface area contributed by atoms with E-state index in [2.05, 4.69) is 66.3 Å². The summed E-state index contributed by atoms with van der Waals surface area (Å²) in [5, 5.41) is 4.59. The molecule has 4 heteroatoms. The third-order valence-corrected chi connectivity index (χ3v) is 4.55. The zero-order valence-corrected chi connectivity index (χ0v) is 13.9. The molecule has 2 rings (SSSR count). The Morgan fingerprint density at radius 3 is 2.53 bits per heavy atom. The fraction of sp³-hybridized carbons (Fsp3) is 0.400. The van der Waals surface area contributed by atoms with Gasteiger partial charge in [0.05, 0.1) is 5.69 Å². The van der Waals surface area contributed by atoms with Crippen LogP contribution in [0.4, 0.5) is 0 Å². The average Bonchev–Trinajstić information content (AvgIpc) is 2.80. The Balaban J connectivity index is 2.25. The number of nitrogens with one attached hydrogen (secondary N) is 1. The van der Waals surface area contributed by atoms with E-state index in [0.29, 0.717) is 6.04 Å². The first-order valence-electron chi connectivity index (χ1n) is 6.58. The third-order valence-electron chi connectivity index (χ3n) is 2.88. The van der Waals surface area contributed by atoms with E-state index in [-0.39, 0.29) is 0 Å². The van der Waals surface area contributed by atoms with Gasteiger partial charge in [-0.05, 0) is 18.6 Å². The van der Waals surface area contributed by atoms with Gasteiger partial charge in [0.25, 0.3) is 0 Å². The maximum absolute atomic E-state index is 4.77. The molecule has 0 atom stereocenters. The number of rotatable bonds is 5. The molecule has 0 radical (unpaired) electrons. The molecule has 0 spiro atoms. The first-order chi connectivity index (χ1) is 9.10. The summed E-state index contributed by atoms with van der Waals surface area (Å²) in [6, 6.07) is 8.86. The molecule has 0 unspecified atom stereocenters. The van der Waals surface area contributed by atoms with E-state index in [1.54, 1.807) is 11.3 Å². The molecule has 0 bridgehead atoms. The molecule has 0 aliphatic heterocycles. The summed E-state index contributed by atoms with van der Waals surface area (Å²) < 4.78 is 1.10. The van der Waals surface area contributed by atoms with Crippen LogP contribution in [0.3, 0.4) is 0 Å². The minimum atomic E-state index is 0.503. The van der Waals surface area contributed by atoms with E-state index >= 15 is 0 Å². The van der Waals surface area contributed by atoms with Crippen molar-refractivity contribution in [2.75, 3.05) is 0 Å². The van der Waals surface area contributed by atoms with Crippen LogP contribution >= 0.6 is 27.3 Å². The standard InChI is InChI=1S/C15H19BrN2S/c1-4-13-14(9-17-10(2)3)19-15(18-13)11-5-7-12(16)8-6-11/h5-8,10,17H,4,9H2,1-3H3. The molecule has 19 heavy (non-hydrogen) atoms. The number of nitrogens with zero attached hydrogens (tertiary/aromatic N) is 1. The highest BCUT2D eigenvalue weighted by molar-refractivity contribution is 9.10. The molecule has 1 aromatic heterocycles. The second-order valence-electron chi connectivity index (χ2n) is 4.78. The molecule has 0 fully saturated rings. The van der Waals surface area contributed by atoms with Crippen molar-refractivity contribution in [3.63, 3.8) is 0 Å². The molecule has 0 aliphatic rings. The van der Waals surface area contributed by atoms with Crippen LogP contribution < -0.4 is 5.32 Å². The number of hydrogen-bond acceptors (Lipinski definition) is 3. The second kappa shape index (κ2) is 6.64. The van der Waals surface area contributed by atoms with Crippen LogP contribution in [0.5, 0.6) is 0 Å². The fourth-order valence-electron chi connectivity index (χ4n) is 1.81. The highest BCUT2D eigenvalue weighted by atomic mass is 79.9. The number of aromatic nitrogens is 1. The lowest BCUT2D eigenvalue weighted by Crippen LogP contribution is -2.21. The lowest BCUT2D eigenvalue weighted by molar-refractivity contribution is 0.590. The summed E-state index contributed by atoms with van der Waals surface area (Å²) >= 11 is 5.26. The lowest BCUT2D eigenvalue weighted by Gasteiger charge is -2.06. The van der Waals surface area contributed by atoms with Crippen molar-refractivity contribution in [1.82, 2.24) is 10.3 Å². The summed E-state index contributed by atoms with van der Waals surface area (Å²) in [6.07, 6.45) is 0.988. The van der Waals surface area contributed by atoms with E-state index in [9.17, 15) is 0 Å². The zero-order valence-electron chi connectivity index (χ0n) is 11.5. The van der Waals surface area contributed by atoms with Gasteiger partial charge in [-0.25, -0.2) is 4.98 Å². The van der Waals surface area contributed by atoms with Gasteiger partial charge in [-0.15, -0.1) is 11.3 Å². The molecule has 0 saturated heterocycles. The van der Waals surface area contributed by atoms with Crippen LogP contribution in [0, 0.1) is 0 Å². The number of benzene rings is 1. The van der Waals surface area contributed by atoms with Crippen molar-refractivity contribution in [2.45, 2.75) is 39.8 Å². The van der Waals surface area contributed by atoms with Gasteiger partial charge in [0.15, 0.2) is 0 Å². The Hall–Kier alpha value is -0.710. The molecule has 2 aromatic rings. The number of aryl methyl sites for hydroxylation is 1. The summed E-state index contributed by atoms with van der Waals surface area (Å²) in [6.45, 7) is 7.42. The van der Waals surface area contributed by atoms with Gasteiger partial charge in [0, 0.05) is 27.5 Å². The van der Waals surface area contributed by atoms with E-state index in [1.165, 1.54) is 16.1 Å². The topological polar surface area (TPSA) is 24.9 Å². The number of halogens is 1. The molecule has 0 amide bonds. The highest BCUT2D eigenvalue weighted by Gasteiger charge is 2.11. The fourth-order valence-corrected chi connectivity index (χ4v) is 3.18. The Bertz CT molecular complexity index is 532. The summed E-state index contributed by atoms with van der Waals surface area (Å²) in [5.41, 5.74) is 2.41. The SMILES string of the molecule is CCc1nc(-c2ccc(Br)cc2)sc1CNC(C)C. The van der Waals surface area contributed by atoms with Gasteiger partial charge in [0.2, 0.25) is 0 Å². The van der Waals surface area contributed by atoms with E-state index < -0.39 is 0 Å². The molecule has 0 aliphatic carbocycles. The van der Waals surface area contributed by atoms with Crippen LogP contribution in [0.2, 0.25) is 0 Å². The monoisotopic (exact) mass is 338 g/mol. The van der Waals surface area contributed by atoms with E-state index in [0.717, 1.165) is 22.4 Å². The maximum Gasteiger partial charge on any atom is 0.123 e. The van der Waals surface area contributed by atoms with Crippen molar-refractivity contribution >= 4 is 27.3 Å². The van der Waals surface area contributed by atoms with E-state index in [1.807, 2.05) is 0 Å². The summed E-state index contributed by atoms with van der Waals surface area (Å²) in [4.78, 5) is 6.13. The van der Waals surface area contributed by atoms with Crippen LogP contribution in [-0.4, -0.2) is 11.0 Å². The van der Waals surface area contributed by atoms with Crippen molar-refractivity contribution in [3.05, 3.63) is 39.3 Å². The van der Waals surface area contributed by atoms with Crippen molar-refractivity contribution in [3.8, 4) is 10.6 Å². The second-order valence-corrected chi connectivity index (χ2v) is 6.78. The van der Waals surface area contributed by atoms with Crippen LogP contribution in [-0.2, 0) is 13.0 Å². The third kappa shape index (κ3) is 3.88. The quantitative estimate of drug-likeness (QED) is 0.859. The molecule has 102 valence electrons. The zero-order chi connectivity index (χ0) is 13.8. The van der Waals surface area contributed by atoms with Crippen LogP contribution in [0.15, 0.2) is 28.7 Å². The molecule has 2 nitrogen and oxygen atoms in total. The smallest absolute Gasteiger partial charge is 0.123 e. The van der Waals surface area contributed by atoms with Crippen LogP contribution in [0.25, 0.3) is 10.6 Å². The first-order valence-corrected chi connectivity index (χ1v) is 8.19. The molecule has 0 saturated carbocycles. The summed E-state index contributed by atoms with van der Waals surface area (Å²) in [5.74, 6) is 0. The minimum Gasteiger partial charge on any atom is -0.310 e. The van der Waals surface area contributed by atoms with Crippen LogP contribution in [0.1, 0.15) is 31.3 Å². The molecule has 1 heterocycles. The summed E-state index contributed by atoms with van der Waals surface area (Å²) in [7, 11) is 0. The van der Waals surface area contributed by atoms with E-state index in [4.69, 9.17) is 4.98 Å². The Morgan fingerprint density at radius 1 is 1.26 bits per heavy atom. The maximum atomic E-state index is 4.77. The molecular weight excluding hydrogens is 320 g/mol. The van der Waals surface area contributed by atoms with Gasteiger partial charge in [0.1, 0.15) is 5.01 Å². The average molecular weight is 339 g/mol. The van der Waals surface area contributed by atoms with Crippen molar-refractivity contribution in [1.29, 1.82) is 0 Å². The highest BCUT2D eigenvalue weighted by Crippen LogP contribution is 2.29. The Kier molecular flexibility index (Phi) is 5.13. The molecule has 1 N–H and O–H groups in total. The first kappa shape index (κ1) is 14.7. The lowest BCUT2D eigenvalue weighted by atomic mass is 10.2. The van der Waals surface area contributed by atoms with Gasteiger partial charge in [-0.1, -0.05) is 48.8 Å². The largest absolute Gasteiger partial charge is 0.310 e.